The maximum Gasteiger partial charge on any atom is 0.471 e. The van der Waals surface area contributed by atoms with Crippen molar-refractivity contribution in [2.75, 3.05) is 6.54 Å². The summed E-state index contributed by atoms with van der Waals surface area (Å²) in [6.45, 7) is -1.35. The van der Waals surface area contributed by atoms with Crippen LogP contribution in [-0.2, 0) is 14.4 Å². The van der Waals surface area contributed by atoms with E-state index in [1.54, 1.807) is 0 Å². The van der Waals surface area contributed by atoms with Crippen LogP contribution in [-0.4, -0.2) is 47.8 Å². The van der Waals surface area contributed by atoms with E-state index < -0.39 is 42.7 Å². The van der Waals surface area contributed by atoms with Gasteiger partial charge in [-0.2, -0.15) is 26.3 Å². The van der Waals surface area contributed by atoms with Crippen molar-refractivity contribution in [1.29, 1.82) is 0 Å². The Morgan fingerprint density at radius 1 is 0.947 bits per heavy atom. The number of aliphatic carboxylic acids is 1. The summed E-state index contributed by atoms with van der Waals surface area (Å²) in [5, 5.41) is 10.3. The molecule has 0 bridgehead atoms. The summed E-state index contributed by atoms with van der Waals surface area (Å²) in [7, 11) is 0. The van der Waals surface area contributed by atoms with E-state index in [1.807, 2.05) is 0 Å². The highest BCUT2D eigenvalue weighted by Gasteiger charge is 2.42. The summed E-state index contributed by atoms with van der Waals surface area (Å²) in [6.07, 6.45) is -10.7. The second-order valence-electron chi connectivity index (χ2n) is 3.07. The first-order valence-corrected chi connectivity index (χ1v) is 4.31. The zero-order valence-electron chi connectivity index (χ0n) is 8.72. The average molecular weight is 296 g/mol. The van der Waals surface area contributed by atoms with Crippen molar-refractivity contribution in [1.82, 2.24) is 10.6 Å². The molecule has 0 radical (unpaired) electrons. The molecule has 0 aliphatic heterocycles. The van der Waals surface area contributed by atoms with E-state index in [4.69, 9.17) is 5.11 Å². The molecule has 19 heavy (non-hydrogen) atoms. The third kappa shape index (κ3) is 5.92. The topological polar surface area (TPSA) is 95.5 Å². The first-order chi connectivity index (χ1) is 8.35. The molecule has 1 unspecified atom stereocenters. The number of hydrogen-bond donors (Lipinski definition) is 3. The second kappa shape index (κ2) is 5.75. The van der Waals surface area contributed by atoms with Gasteiger partial charge < -0.3 is 15.7 Å². The fourth-order valence-electron chi connectivity index (χ4n) is 0.735. The van der Waals surface area contributed by atoms with Crippen molar-refractivity contribution in [3.63, 3.8) is 0 Å². The lowest BCUT2D eigenvalue weighted by molar-refractivity contribution is -0.176. The van der Waals surface area contributed by atoms with Crippen LogP contribution in [0.2, 0.25) is 0 Å². The number of carboxylic acid groups (broad SMARTS) is 1. The van der Waals surface area contributed by atoms with Crippen LogP contribution in [0, 0.1) is 0 Å². The number of carboxylic acids is 1. The third-order valence-electron chi connectivity index (χ3n) is 1.59. The minimum Gasteiger partial charge on any atom is -0.480 e. The maximum absolute atomic E-state index is 11.8. The highest BCUT2D eigenvalue weighted by Crippen LogP contribution is 2.15. The molecular formula is C7H6F6N2O4. The highest BCUT2D eigenvalue weighted by atomic mass is 19.4. The normalized spacial score (nSPS) is 13.6. The standard InChI is InChI=1S/C7H6F6N2O4/c8-6(9,10)4(18)14-1-2(3(16)17)15-5(19)7(11,12)13/h2H,1H2,(H,14,18)(H,15,19)(H,16,17). The van der Waals surface area contributed by atoms with E-state index >= 15 is 0 Å². The van der Waals surface area contributed by atoms with Gasteiger partial charge in [0.2, 0.25) is 0 Å². The third-order valence-corrected chi connectivity index (χ3v) is 1.59. The Kier molecular flexibility index (Phi) is 5.14. The predicted molar refractivity (Wildman–Crippen MR) is 44.7 cm³/mol. The van der Waals surface area contributed by atoms with Gasteiger partial charge in [0.1, 0.15) is 6.04 Å². The van der Waals surface area contributed by atoms with Gasteiger partial charge in [-0.05, 0) is 0 Å². The van der Waals surface area contributed by atoms with Gasteiger partial charge in [0.25, 0.3) is 0 Å². The summed E-state index contributed by atoms with van der Waals surface area (Å²) < 4.78 is 70.5. The molecule has 12 heteroatoms. The zero-order valence-corrected chi connectivity index (χ0v) is 8.72. The Hall–Kier alpha value is -2.01. The molecule has 3 N–H and O–H groups in total. The molecule has 0 spiro atoms. The maximum atomic E-state index is 11.8. The Labute approximate surface area is 100 Å². The minimum atomic E-state index is -5.40. The minimum absolute atomic E-state index is 0.918. The summed E-state index contributed by atoms with van der Waals surface area (Å²) in [5.74, 6) is -7.23. The Bertz CT molecular complexity index is 377. The monoisotopic (exact) mass is 296 g/mol. The fraction of sp³-hybridized carbons (Fsp3) is 0.571. The number of nitrogens with one attached hydrogen (secondary N) is 2. The fourth-order valence-corrected chi connectivity index (χ4v) is 0.735. The molecule has 1 atom stereocenters. The summed E-state index contributed by atoms with van der Waals surface area (Å²) in [6, 6.07) is -2.35. The van der Waals surface area contributed by atoms with Gasteiger partial charge in [-0.1, -0.05) is 0 Å². The Balaban J connectivity index is 4.58. The summed E-state index contributed by atoms with van der Waals surface area (Å²) >= 11 is 0. The molecule has 0 fully saturated rings. The number of hydrogen-bond acceptors (Lipinski definition) is 3. The summed E-state index contributed by atoms with van der Waals surface area (Å²) in [5.41, 5.74) is 0. The molecule has 110 valence electrons. The lowest BCUT2D eigenvalue weighted by atomic mass is 10.3. The Morgan fingerprint density at radius 3 is 1.68 bits per heavy atom. The number of halogens is 6. The van der Waals surface area contributed by atoms with Crippen LogP contribution >= 0.6 is 0 Å². The van der Waals surface area contributed by atoms with Gasteiger partial charge in [-0.15, -0.1) is 0 Å². The van der Waals surface area contributed by atoms with Crippen molar-refractivity contribution in [3.8, 4) is 0 Å². The average Bonchev–Trinajstić information content (AvgIpc) is 2.19. The molecule has 0 heterocycles. The SMILES string of the molecule is O=C(O)C(CNC(=O)C(F)(F)F)NC(=O)C(F)(F)F. The van der Waals surface area contributed by atoms with E-state index in [-0.39, 0.29) is 0 Å². The lowest BCUT2D eigenvalue weighted by Crippen LogP contribution is -2.53. The van der Waals surface area contributed by atoms with Crippen LogP contribution in [0.1, 0.15) is 0 Å². The van der Waals surface area contributed by atoms with Crippen molar-refractivity contribution < 1.29 is 45.8 Å². The van der Waals surface area contributed by atoms with E-state index in [0.717, 1.165) is 10.6 Å². The molecule has 0 aromatic rings. The van der Waals surface area contributed by atoms with Crippen molar-refractivity contribution in [2.24, 2.45) is 0 Å². The van der Waals surface area contributed by atoms with Gasteiger partial charge in [0.15, 0.2) is 0 Å². The van der Waals surface area contributed by atoms with Gasteiger partial charge in [-0.3, -0.25) is 9.59 Å². The number of carbonyl (C=O) groups is 3. The predicted octanol–water partition coefficient (Wildman–Crippen LogP) is -0.203. The number of amides is 2. The lowest BCUT2D eigenvalue weighted by Gasteiger charge is -2.16. The van der Waals surface area contributed by atoms with E-state index in [2.05, 4.69) is 0 Å². The number of carbonyl (C=O) groups excluding carboxylic acids is 2. The molecule has 6 nitrogen and oxygen atoms in total. The van der Waals surface area contributed by atoms with Crippen LogP contribution in [0.5, 0.6) is 0 Å². The van der Waals surface area contributed by atoms with E-state index in [9.17, 15) is 40.7 Å². The van der Waals surface area contributed by atoms with E-state index in [0.29, 0.717) is 0 Å². The van der Waals surface area contributed by atoms with Crippen LogP contribution in [0.4, 0.5) is 26.3 Å². The molecule has 0 saturated heterocycles. The molecule has 2 amide bonds. The number of alkyl halides is 6. The van der Waals surface area contributed by atoms with Gasteiger partial charge in [-0.25, -0.2) is 4.79 Å². The number of rotatable bonds is 4. The first-order valence-electron chi connectivity index (χ1n) is 4.31. The van der Waals surface area contributed by atoms with Crippen molar-refractivity contribution >= 4 is 17.8 Å². The first kappa shape index (κ1) is 17.0. The van der Waals surface area contributed by atoms with Crippen LogP contribution in [0.3, 0.4) is 0 Å². The van der Waals surface area contributed by atoms with Crippen LogP contribution < -0.4 is 10.6 Å². The Morgan fingerprint density at radius 2 is 1.37 bits per heavy atom. The van der Waals surface area contributed by atoms with Crippen LogP contribution in [0.25, 0.3) is 0 Å². The smallest absolute Gasteiger partial charge is 0.471 e. The molecular weight excluding hydrogens is 290 g/mol. The van der Waals surface area contributed by atoms with Gasteiger partial charge in [0, 0.05) is 6.54 Å². The zero-order chi connectivity index (χ0) is 15.4. The van der Waals surface area contributed by atoms with Crippen molar-refractivity contribution in [2.45, 2.75) is 18.4 Å². The van der Waals surface area contributed by atoms with E-state index in [1.165, 1.54) is 0 Å². The van der Waals surface area contributed by atoms with Gasteiger partial charge >= 0.3 is 30.1 Å². The molecule has 0 aromatic carbocycles. The molecule has 0 aliphatic carbocycles. The largest absolute Gasteiger partial charge is 0.480 e. The summed E-state index contributed by atoms with van der Waals surface area (Å²) in [4.78, 5) is 31.1. The molecule has 0 saturated carbocycles. The van der Waals surface area contributed by atoms with Crippen LogP contribution in [0.15, 0.2) is 0 Å². The van der Waals surface area contributed by atoms with Crippen molar-refractivity contribution in [3.05, 3.63) is 0 Å². The molecule has 0 aromatic heterocycles. The molecule has 0 aliphatic rings. The molecule has 0 rings (SSSR count). The quantitative estimate of drug-likeness (QED) is 0.626. The van der Waals surface area contributed by atoms with Gasteiger partial charge in [0.05, 0.1) is 0 Å². The highest BCUT2D eigenvalue weighted by molar-refractivity contribution is 5.88. The second-order valence-corrected chi connectivity index (χ2v) is 3.07.